The number of rotatable bonds is 5. The Morgan fingerprint density at radius 2 is 2.12 bits per heavy atom. The van der Waals surface area contributed by atoms with Gasteiger partial charge >= 0.3 is 0 Å². The third kappa shape index (κ3) is 2.60. The minimum atomic E-state index is 0.957. The van der Waals surface area contributed by atoms with Crippen LogP contribution in [0.5, 0.6) is 0 Å². The fraction of sp³-hybridized carbons (Fsp3) is 0.385. The zero-order valence-electron chi connectivity index (χ0n) is 9.61. The van der Waals surface area contributed by atoms with Crippen LogP contribution in [0.2, 0.25) is 0 Å². The number of hydrogen-bond acceptors (Lipinski definition) is 2. The first-order chi connectivity index (χ1) is 7.81. The summed E-state index contributed by atoms with van der Waals surface area (Å²) in [6, 6.07) is 8.45. The molecule has 0 fully saturated rings. The Morgan fingerprint density at radius 1 is 1.31 bits per heavy atom. The summed E-state index contributed by atoms with van der Waals surface area (Å²) in [6.45, 7) is 2.10. The first kappa shape index (κ1) is 11.6. The first-order valence-electron chi connectivity index (χ1n) is 5.65. The molecular weight excluding hydrogens is 216 g/mol. The minimum Gasteiger partial charge on any atom is -0.361 e. The molecule has 0 bridgehead atoms. The molecule has 86 valence electrons. The Kier molecular flexibility index (Phi) is 3.91. The maximum absolute atomic E-state index is 4.24. The maximum atomic E-state index is 4.24. The van der Waals surface area contributed by atoms with Gasteiger partial charge < -0.3 is 9.88 Å². The van der Waals surface area contributed by atoms with E-state index in [9.17, 15) is 0 Å². The molecule has 2 nitrogen and oxygen atoms in total. The summed E-state index contributed by atoms with van der Waals surface area (Å²) >= 11 is 4.24. The van der Waals surface area contributed by atoms with Crippen LogP contribution in [0.25, 0.3) is 10.9 Å². The van der Waals surface area contributed by atoms with Crippen LogP contribution >= 0.6 is 12.6 Å². The lowest BCUT2D eigenvalue weighted by atomic mass is 10.1. The molecule has 2 rings (SSSR count). The highest BCUT2D eigenvalue weighted by atomic mass is 32.1. The normalized spacial score (nSPS) is 11.4. The second-order valence-corrected chi connectivity index (χ2v) is 4.62. The third-order valence-corrected chi connectivity index (χ3v) is 3.13. The van der Waals surface area contributed by atoms with Gasteiger partial charge in [-0.15, -0.1) is 0 Å². The van der Waals surface area contributed by atoms with Gasteiger partial charge in [-0.25, -0.2) is 0 Å². The van der Waals surface area contributed by atoms with Crippen molar-refractivity contribution in [3.8, 4) is 0 Å². The molecule has 0 aliphatic carbocycles. The summed E-state index contributed by atoms with van der Waals surface area (Å²) in [5.74, 6) is 0.957. The molecule has 0 spiro atoms. The standard InChI is InChI=1S/C13H18N2S/c1-15(7-4-8-16)10-11-9-14-13-6-3-2-5-12(11)13/h2-3,5-6,9,14,16H,4,7-8,10H2,1H3. The van der Waals surface area contributed by atoms with Crippen molar-refractivity contribution in [1.29, 1.82) is 0 Å². The summed E-state index contributed by atoms with van der Waals surface area (Å²) in [4.78, 5) is 5.65. The average molecular weight is 234 g/mol. The fourth-order valence-electron chi connectivity index (χ4n) is 1.97. The number of thiol groups is 1. The van der Waals surface area contributed by atoms with Gasteiger partial charge in [0, 0.05) is 23.6 Å². The van der Waals surface area contributed by atoms with E-state index in [0.717, 1.165) is 25.3 Å². The zero-order chi connectivity index (χ0) is 11.4. The molecule has 1 aromatic heterocycles. The number of hydrogen-bond donors (Lipinski definition) is 2. The predicted octanol–water partition coefficient (Wildman–Crippen LogP) is 2.92. The van der Waals surface area contributed by atoms with E-state index in [0.29, 0.717) is 0 Å². The second kappa shape index (κ2) is 5.41. The fourth-order valence-corrected chi connectivity index (χ4v) is 2.11. The predicted molar refractivity (Wildman–Crippen MR) is 73.1 cm³/mol. The van der Waals surface area contributed by atoms with Crippen LogP contribution in [-0.4, -0.2) is 29.2 Å². The smallest absolute Gasteiger partial charge is 0.0457 e. The topological polar surface area (TPSA) is 19.0 Å². The molecule has 0 aliphatic heterocycles. The number of nitrogens with zero attached hydrogens (tertiary/aromatic N) is 1. The van der Waals surface area contributed by atoms with Gasteiger partial charge in [-0.3, -0.25) is 0 Å². The number of H-pyrrole nitrogens is 1. The van der Waals surface area contributed by atoms with Crippen molar-refractivity contribution in [2.75, 3.05) is 19.3 Å². The van der Waals surface area contributed by atoms with Gasteiger partial charge in [0.15, 0.2) is 0 Å². The van der Waals surface area contributed by atoms with Gasteiger partial charge in [0.25, 0.3) is 0 Å². The van der Waals surface area contributed by atoms with Crippen LogP contribution in [0.1, 0.15) is 12.0 Å². The summed E-state index contributed by atoms with van der Waals surface area (Å²) in [5.41, 5.74) is 2.59. The van der Waals surface area contributed by atoms with Gasteiger partial charge in [0.2, 0.25) is 0 Å². The summed E-state index contributed by atoms with van der Waals surface area (Å²) in [5, 5.41) is 1.33. The van der Waals surface area contributed by atoms with E-state index >= 15 is 0 Å². The van der Waals surface area contributed by atoms with Crippen LogP contribution in [-0.2, 0) is 6.54 Å². The molecule has 0 saturated carbocycles. The maximum Gasteiger partial charge on any atom is 0.0457 e. The number of benzene rings is 1. The van der Waals surface area contributed by atoms with Crippen LogP contribution < -0.4 is 0 Å². The van der Waals surface area contributed by atoms with Crippen LogP contribution in [0.3, 0.4) is 0 Å². The highest BCUT2D eigenvalue weighted by molar-refractivity contribution is 7.80. The molecular formula is C13H18N2S. The van der Waals surface area contributed by atoms with Crippen molar-refractivity contribution in [2.45, 2.75) is 13.0 Å². The Morgan fingerprint density at radius 3 is 2.94 bits per heavy atom. The molecule has 16 heavy (non-hydrogen) atoms. The molecule has 2 aromatic rings. The van der Waals surface area contributed by atoms with Crippen molar-refractivity contribution in [3.05, 3.63) is 36.0 Å². The Labute approximate surface area is 102 Å². The lowest BCUT2D eigenvalue weighted by molar-refractivity contribution is 0.330. The highest BCUT2D eigenvalue weighted by Crippen LogP contribution is 2.18. The number of fused-ring (bicyclic) bond motifs is 1. The summed E-state index contributed by atoms with van der Waals surface area (Å²) in [6.07, 6.45) is 3.25. The van der Waals surface area contributed by atoms with E-state index in [1.165, 1.54) is 16.5 Å². The monoisotopic (exact) mass is 234 g/mol. The van der Waals surface area contributed by atoms with Crippen LogP contribution in [0.4, 0.5) is 0 Å². The number of para-hydroxylation sites is 1. The molecule has 0 unspecified atom stereocenters. The van der Waals surface area contributed by atoms with Gasteiger partial charge in [0.1, 0.15) is 0 Å². The highest BCUT2D eigenvalue weighted by Gasteiger charge is 2.05. The zero-order valence-corrected chi connectivity index (χ0v) is 10.5. The molecule has 3 heteroatoms. The SMILES string of the molecule is CN(CCCS)Cc1c[nH]c2ccccc12. The lowest BCUT2D eigenvalue weighted by Crippen LogP contribution is -2.19. The van der Waals surface area contributed by atoms with Crippen molar-refractivity contribution in [2.24, 2.45) is 0 Å². The molecule has 0 saturated heterocycles. The summed E-state index contributed by atoms with van der Waals surface area (Å²) in [7, 11) is 2.16. The third-order valence-electron chi connectivity index (χ3n) is 2.81. The molecule has 1 heterocycles. The molecule has 0 amide bonds. The van der Waals surface area contributed by atoms with Crippen LogP contribution in [0, 0.1) is 0 Å². The van der Waals surface area contributed by atoms with Crippen molar-refractivity contribution in [3.63, 3.8) is 0 Å². The molecule has 1 N–H and O–H groups in total. The summed E-state index contributed by atoms with van der Waals surface area (Å²) < 4.78 is 0. The van der Waals surface area contributed by atoms with Crippen molar-refractivity contribution >= 4 is 23.5 Å². The average Bonchev–Trinajstić information content (AvgIpc) is 2.70. The first-order valence-corrected chi connectivity index (χ1v) is 6.29. The van der Waals surface area contributed by atoms with Gasteiger partial charge in [0.05, 0.1) is 0 Å². The molecule has 0 atom stereocenters. The van der Waals surface area contributed by atoms with Gasteiger partial charge in [-0.2, -0.15) is 12.6 Å². The Balaban J connectivity index is 2.09. The van der Waals surface area contributed by atoms with E-state index in [-0.39, 0.29) is 0 Å². The van der Waals surface area contributed by atoms with E-state index in [1.54, 1.807) is 0 Å². The lowest BCUT2D eigenvalue weighted by Gasteiger charge is -2.15. The van der Waals surface area contributed by atoms with Gasteiger partial charge in [-0.05, 0) is 37.4 Å². The quantitative estimate of drug-likeness (QED) is 0.762. The Bertz CT molecular complexity index is 450. The van der Waals surface area contributed by atoms with Crippen molar-refractivity contribution < 1.29 is 0 Å². The van der Waals surface area contributed by atoms with E-state index in [4.69, 9.17) is 0 Å². The van der Waals surface area contributed by atoms with Crippen molar-refractivity contribution in [1.82, 2.24) is 9.88 Å². The van der Waals surface area contributed by atoms with E-state index in [2.05, 4.69) is 60.0 Å². The number of aromatic nitrogens is 1. The number of nitrogens with one attached hydrogen (secondary N) is 1. The van der Waals surface area contributed by atoms with Gasteiger partial charge in [-0.1, -0.05) is 18.2 Å². The minimum absolute atomic E-state index is 0.957. The Hall–Kier alpha value is -0.930. The molecule has 0 radical (unpaired) electrons. The van der Waals surface area contributed by atoms with Crippen LogP contribution in [0.15, 0.2) is 30.5 Å². The molecule has 0 aliphatic rings. The van der Waals surface area contributed by atoms with E-state index < -0.39 is 0 Å². The van der Waals surface area contributed by atoms with E-state index in [1.807, 2.05) is 0 Å². The second-order valence-electron chi connectivity index (χ2n) is 4.17. The number of aromatic amines is 1. The largest absolute Gasteiger partial charge is 0.361 e. The molecule has 1 aromatic carbocycles.